The molecule has 0 bridgehead atoms. The monoisotopic (exact) mass is 351 g/mol. The molecule has 0 unspecified atom stereocenters. The molecule has 1 aromatic heterocycles. The maximum Gasteiger partial charge on any atom is 0.261 e. The van der Waals surface area contributed by atoms with Crippen molar-refractivity contribution < 1.29 is 9.18 Å². The Morgan fingerprint density at radius 2 is 1.77 bits per heavy atom. The zero-order valence-electron chi connectivity index (χ0n) is 14.1. The molecule has 0 radical (unpaired) electrons. The molecule has 0 spiro atoms. The van der Waals surface area contributed by atoms with E-state index >= 15 is 0 Å². The number of benzene rings is 2. The van der Waals surface area contributed by atoms with E-state index in [1.807, 2.05) is 24.3 Å². The van der Waals surface area contributed by atoms with Gasteiger partial charge in [-0.25, -0.2) is 4.39 Å². The molecular formula is C20H18FN3O2. The van der Waals surface area contributed by atoms with E-state index in [9.17, 15) is 14.0 Å². The predicted molar refractivity (Wildman–Crippen MR) is 100 cm³/mol. The molecule has 132 valence electrons. The van der Waals surface area contributed by atoms with Gasteiger partial charge >= 0.3 is 0 Å². The highest BCUT2D eigenvalue weighted by Gasteiger charge is 2.14. The standard InChI is InChI=1S/C20H18FN3O2/c21-14-4-3-13-11-17(20(26)23-18(13)12-14)19(25)22-15-5-7-16(8-6-15)24-9-1-2-10-24/h3-8,11-12H,1-2,9-10H2,(H,22,25)(H,23,26). The zero-order valence-corrected chi connectivity index (χ0v) is 14.1. The minimum atomic E-state index is -0.547. The van der Waals surface area contributed by atoms with E-state index < -0.39 is 17.3 Å². The summed E-state index contributed by atoms with van der Waals surface area (Å²) in [7, 11) is 0. The quantitative estimate of drug-likeness (QED) is 0.759. The molecule has 2 N–H and O–H groups in total. The molecule has 26 heavy (non-hydrogen) atoms. The summed E-state index contributed by atoms with van der Waals surface area (Å²) in [5.41, 5.74) is 1.56. The fourth-order valence-corrected chi connectivity index (χ4v) is 3.27. The van der Waals surface area contributed by atoms with Crippen LogP contribution in [0.25, 0.3) is 10.9 Å². The third-order valence-electron chi connectivity index (χ3n) is 4.65. The molecule has 0 saturated carbocycles. The third-order valence-corrected chi connectivity index (χ3v) is 4.65. The van der Waals surface area contributed by atoms with E-state index in [1.54, 1.807) is 0 Å². The van der Waals surface area contributed by atoms with Crippen molar-refractivity contribution in [2.45, 2.75) is 12.8 Å². The average molecular weight is 351 g/mol. The molecule has 0 atom stereocenters. The Labute approximate surface area is 149 Å². The van der Waals surface area contributed by atoms with Crippen LogP contribution in [0.4, 0.5) is 15.8 Å². The Kier molecular flexibility index (Phi) is 4.16. The highest BCUT2D eigenvalue weighted by Crippen LogP contribution is 2.22. The minimum Gasteiger partial charge on any atom is -0.372 e. The van der Waals surface area contributed by atoms with Crippen LogP contribution in [-0.4, -0.2) is 24.0 Å². The summed E-state index contributed by atoms with van der Waals surface area (Å²) >= 11 is 0. The minimum absolute atomic E-state index is 0.00673. The Morgan fingerprint density at radius 3 is 2.50 bits per heavy atom. The van der Waals surface area contributed by atoms with E-state index in [4.69, 9.17) is 0 Å². The average Bonchev–Trinajstić information content (AvgIpc) is 3.16. The number of pyridine rings is 1. The van der Waals surface area contributed by atoms with Crippen molar-refractivity contribution in [3.63, 3.8) is 0 Å². The summed E-state index contributed by atoms with van der Waals surface area (Å²) in [5.74, 6) is -0.935. The van der Waals surface area contributed by atoms with Gasteiger partial charge in [0.1, 0.15) is 11.4 Å². The summed E-state index contributed by atoms with van der Waals surface area (Å²) in [4.78, 5) is 29.5. The van der Waals surface area contributed by atoms with Gasteiger partial charge in [-0.3, -0.25) is 9.59 Å². The van der Waals surface area contributed by atoms with Gasteiger partial charge < -0.3 is 15.2 Å². The van der Waals surface area contributed by atoms with Crippen LogP contribution in [0.2, 0.25) is 0 Å². The number of carbonyl (C=O) groups excluding carboxylic acids is 1. The van der Waals surface area contributed by atoms with E-state index in [0.717, 1.165) is 18.8 Å². The Balaban J connectivity index is 1.56. The van der Waals surface area contributed by atoms with Crippen molar-refractivity contribution in [2.75, 3.05) is 23.3 Å². The highest BCUT2D eigenvalue weighted by molar-refractivity contribution is 6.05. The number of halogens is 1. The largest absolute Gasteiger partial charge is 0.372 e. The van der Waals surface area contributed by atoms with Crippen LogP contribution in [0.3, 0.4) is 0 Å². The molecule has 2 heterocycles. The lowest BCUT2D eigenvalue weighted by molar-refractivity contribution is 0.102. The smallest absolute Gasteiger partial charge is 0.261 e. The molecule has 2 aromatic carbocycles. The van der Waals surface area contributed by atoms with E-state index in [2.05, 4.69) is 15.2 Å². The van der Waals surface area contributed by atoms with Crippen molar-refractivity contribution in [1.82, 2.24) is 4.98 Å². The number of carbonyl (C=O) groups is 1. The lowest BCUT2D eigenvalue weighted by Crippen LogP contribution is -2.23. The SMILES string of the molecule is O=C(Nc1ccc(N2CCCC2)cc1)c1cc2ccc(F)cc2[nH]c1=O. The number of H-pyrrole nitrogens is 1. The fourth-order valence-electron chi connectivity index (χ4n) is 3.27. The second-order valence-corrected chi connectivity index (χ2v) is 6.44. The van der Waals surface area contributed by atoms with Gasteiger partial charge in [-0.2, -0.15) is 0 Å². The normalized spacial score (nSPS) is 14.0. The lowest BCUT2D eigenvalue weighted by Gasteiger charge is -2.17. The first-order chi connectivity index (χ1) is 12.6. The summed E-state index contributed by atoms with van der Waals surface area (Å²) < 4.78 is 13.3. The van der Waals surface area contributed by atoms with Crippen molar-refractivity contribution in [2.24, 2.45) is 0 Å². The number of nitrogens with one attached hydrogen (secondary N) is 2. The number of hydrogen-bond donors (Lipinski definition) is 2. The van der Waals surface area contributed by atoms with Crippen molar-refractivity contribution in [3.05, 3.63) is 70.3 Å². The van der Waals surface area contributed by atoms with Gasteiger partial charge in [0.25, 0.3) is 11.5 Å². The van der Waals surface area contributed by atoms with Gasteiger partial charge in [-0.1, -0.05) is 0 Å². The molecular weight excluding hydrogens is 333 g/mol. The number of rotatable bonds is 3. The Bertz CT molecular complexity index is 1020. The Hall–Kier alpha value is -3.15. The summed E-state index contributed by atoms with van der Waals surface area (Å²) in [6, 6.07) is 13.1. The Morgan fingerprint density at radius 1 is 1.04 bits per heavy atom. The lowest BCUT2D eigenvalue weighted by atomic mass is 10.1. The van der Waals surface area contributed by atoms with Crippen LogP contribution in [0.15, 0.2) is 53.3 Å². The molecule has 1 amide bonds. The maximum absolute atomic E-state index is 13.3. The first-order valence-corrected chi connectivity index (χ1v) is 8.59. The van der Waals surface area contributed by atoms with Crippen LogP contribution in [0.5, 0.6) is 0 Å². The van der Waals surface area contributed by atoms with E-state index in [0.29, 0.717) is 16.6 Å². The second-order valence-electron chi connectivity index (χ2n) is 6.44. The van der Waals surface area contributed by atoms with Crippen LogP contribution in [0.1, 0.15) is 23.2 Å². The third kappa shape index (κ3) is 3.18. The molecule has 1 saturated heterocycles. The van der Waals surface area contributed by atoms with Crippen LogP contribution >= 0.6 is 0 Å². The molecule has 1 aliphatic rings. The van der Waals surface area contributed by atoms with Crippen molar-refractivity contribution >= 4 is 28.2 Å². The van der Waals surface area contributed by atoms with Gasteiger partial charge in [0.15, 0.2) is 0 Å². The van der Waals surface area contributed by atoms with Gasteiger partial charge in [-0.15, -0.1) is 0 Å². The van der Waals surface area contributed by atoms with Gasteiger partial charge in [0.2, 0.25) is 0 Å². The summed E-state index contributed by atoms with van der Waals surface area (Å²) in [5, 5.41) is 3.34. The van der Waals surface area contributed by atoms with E-state index in [-0.39, 0.29) is 5.56 Å². The number of nitrogens with zero attached hydrogens (tertiary/aromatic N) is 1. The van der Waals surface area contributed by atoms with Crippen LogP contribution < -0.4 is 15.8 Å². The van der Waals surface area contributed by atoms with Gasteiger partial charge in [0.05, 0.1) is 5.52 Å². The second kappa shape index (κ2) is 6.63. The predicted octanol–water partition coefficient (Wildman–Crippen LogP) is 3.52. The maximum atomic E-state index is 13.3. The van der Waals surface area contributed by atoms with Crippen molar-refractivity contribution in [1.29, 1.82) is 0 Å². The molecule has 3 aromatic rings. The van der Waals surface area contributed by atoms with Gasteiger partial charge in [-0.05, 0) is 66.8 Å². The topological polar surface area (TPSA) is 65.2 Å². The first-order valence-electron chi connectivity index (χ1n) is 8.59. The van der Waals surface area contributed by atoms with Crippen LogP contribution in [0, 0.1) is 5.82 Å². The summed E-state index contributed by atoms with van der Waals surface area (Å²) in [6.07, 6.45) is 2.40. The number of fused-ring (bicyclic) bond motifs is 1. The number of amides is 1. The zero-order chi connectivity index (χ0) is 18.1. The molecule has 0 aliphatic carbocycles. The summed E-state index contributed by atoms with van der Waals surface area (Å²) in [6.45, 7) is 2.11. The fraction of sp³-hybridized carbons (Fsp3) is 0.200. The number of aromatic amines is 1. The van der Waals surface area contributed by atoms with E-state index in [1.165, 1.54) is 37.1 Å². The first kappa shape index (κ1) is 16.3. The molecule has 6 heteroatoms. The molecule has 5 nitrogen and oxygen atoms in total. The molecule has 1 fully saturated rings. The van der Waals surface area contributed by atoms with Crippen molar-refractivity contribution in [3.8, 4) is 0 Å². The number of hydrogen-bond acceptors (Lipinski definition) is 3. The highest BCUT2D eigenvalue weighted by atomic mass is 19.1. The molecule has 1 aliphatic heterocycles. The number of anilines is 2. The van der Waals surface area contributed by atoms with Crippen LogP contribution in [-0.2, 0) is 0 Å². The number of aromatic nitrogens is 1. The van der Waals surface area contributed by atoms with Gasteiger partial charge in [0, 0.05) is 24.5 Å². The molecule has 4 rings (SSSR count).